The number of aromatic nitrogens is 2. The van der Waals surface area contributed by atoms with Crippen LogP contribution in [0.5, 0.6) is 0 Å². The van der Waals surface area contributed by atoms with Crippen molar-refractivity contribution in [3.63, 3.8) is 0 Å². The Morgan fingerprint density at radius 1 is 0.917 bits per heavy atom. The van der Waals surface area contributed by atoms with Gasteiger partial charge in [-0.1, -0.05) is 67.7 Å². The molecule has 1 aromatic heterocycles. The van der Waals surface area contributed by atoms with E-state index in [1.807, 2.05) is 48.0 Å². The predicted molar refractivity (Wildman–Crippen MR) is 148 cm³/mol. The minimum Gasteiger partial charge on any atom is -0.452 e. The Morgan fingerprint density at radius 3 is 2.22 bits per heavy atom. The smallest absolute Gasteiger partial charge is 0.261 e. The molecule has 1 fully saturated rings. The molecule has 190 valence electrons. The fraction of sp³-hybridized carbons (Fsp3) is 0.429. The van der Waals surface area contributed by atoms with E-state index in [9.17, 15) is 0 Å². The molecule has 5 rings (SSSR count). The van der Waals surface area contributed by atoms with Crippen LogP contribution in [0.3, 0.4) is 0 Å². The van der Waals surface area contributed by atoms with Gasteiger partial charge < -0.3 is 4.74 Å². The number of hydrazone groups is 1. The Morgan fingerprint density at radius 2 is 1.58 bits per heavy atom. The molecule has 5 nitrogen and oxygen atoms in total. The molecule has 8 heteroatoms. The van der Waals surface area contributed by atoms with Crippen molar-refractivity contribution in [1.29, 1.82) is 0 Å². The number of rotatable bonds is 4. The largest absolute Gasteiger partial charge is 0.452 e. The zero-order chi connectivity index (χ0) is 25.6. The lowest BCUT2D eigenvalue weighted by Crippen LogP contribution is -2.36. The molecule has 36 heavy (non-hydrogen) atoms. The summed E-state index contributed by atoms with van der Waals surface area (Å²) in [6.07, 6.45) is 4.70. The van der Waals surface area contributed by atoms with E-state index >= 15 is 0 Å². The van der Waals surface area contributed by atoms with Crippen LogP contribution < -0.4 is 0 Å². The van der Waals surface area contributed by atoms with Crippen LogP contribution in [-0.2, 0) is 4.74 Å². The first-order valence-electron chi connectivity index (χ1n) is 12.4. The standard InChI is InChI=1S/C28H31Cl3N4O/c1-17-25(27-33-34(16-36-27)22-12-7-19(8-13-22)28(2,3)4)32-35(24-14-11-21(30)15-23(24)31)26(17)18-5-9-20(29)10-6-18/h5-6,9-11,14-15,19,22H,7-8,12-13,16H2,1-4H3. The van der Waals surface area contributed by atoms with Gasteiger partial charge in [0, 0.05) is 21.2 Å². The second-order valence-corrected chi connectivity index (χ2v) is 12.1. The van der Waals surface area contributed by atoms with Crippen molar-refractivity contribution in [3.8, 4) is 16.9 Å². The highest BCUT2D eigenvalue weighted by molar-refractivity contribution is 6.35. The van der Waals surface area contributed by atoms with E-state index in [-0.39, 0.29) is 0 Å². The Labute approximate surface area is 228 Å². The lowest BCUT2D eigenvalue weighted by Gasteiger charge is -2.38. The first-order valence-corrected chi connectivity index (χ1v) is 13.5. The third-order valence-electron chi connectivity index (χ3n) is 7.48. The van der Waals surface area contributed by atoms with Crippen molar-refractivity contribution in [2.75, 3.05) is 6.73 Å². The lowest BCUT2D eigenvalue weighted by molar-refractivity contribution is 0.0663. The van der Waals surface area contributed by atoms with Gasteiger partial charge >= 0.3 is 0 Å². The highest BCUT2D eigenvalue weighted by atomic mass is 35.5. The summed E-state index contributed by atoms with van der Waals surface area (Å²) in [7, 11) is 0. The topological polar surface area (TPSA) is 42.6 Å². The maximum absolute atomic E-state index is 6.60. The van der Waals surface area contributed by atoms with E-state index in [4.69, 9.17) is 49.7 Å². The average molecular weight is 546 g/mol. The molecule has 2 aliphatic rings. The predicted octanol–water partition coefficient (Wildman–Crippen LogP) is 8.36. The number of hydrogen-bond acceptors (Lipinski definition) is 4. The third kappa shape index (κ3) is 4.98. The van der Waals surface area contributed by atoms with E-state index in [1.165, 1.54) is 12.8 Å². The zero-order valence-corrected chi connectivity index (χ0v) is 23.3. The van der Waals surface area contributed by atoms with Crippen molar-refractivity contribution in [2.45, 2.75) is 59.4 Å². The van der Waals surface area contributed by atoms with E-state index in [0.717, 1.165) is 41.3 Å². The molecule has 0 bridgehead atoms. The summed E-state index contributed by atoms with van der Waals surface area (Å²) >= 11 is 18.9. The fourth-order valence-corrected chi connectivity index (χ4v) is 5.93. The Balaban J connectivity index is 1.50. The van der Waals surface area contributed by atoms with Gasteiger partial charge in [0.15, 0.2) is 12.4 Å². The maximum Gasteiger partial charge on any atom is 0.261 e. The molecule has 0 radical (unpaired) electrons. The second-order valence-electron chi connectivity index (χ2n) is 10.8. The van der Waals surface area contributed by atoms with Crippen LogP contribution in [0.25, 0.3) is 16.9 Å². The minimum absolute atomic E-state index is 0.353. The van der Waals surface area contributed by atoms with Gasteiger partial charge in [-0.05, 0) is 74.3 Å². The third-order valence-corrected chi connectivity index (χ3v) is 8.27. The summed E-state index contributed by atoms with van der Waals surface area (Å²) in [6, 6.07) is 13.5. The molecule has 3 aromatic rings. The molecule has 0 saturated heterocycles. The van der Waals surface area contributed by atoms with Crippen LogP contribution in [0.2, 0.25) is 15.1 Å². The van der Waals surface area contributed by atoms with E-state index in [2.05, 4.69) is 25.8 Å². The van der Waals surface area contributed by atoms with Crippen molar-refractivity contribution < 1.29 is 4.74 Å². The summed E-state index contributed by atoms with van der Waals surface area (Å²) in [5, 5.41) is 13.7. The number of nitrogens with zero attached hydrogens (tertiary/aromatic N) is 4. The molecular weight excluding hydrogens is 515 g/mol. The normalized spacial score (nSPS) is 20.4. The minimum atomic E-state index is 0.353. The fourth-order valence-electron chi connectivity index (χ4n) is 5.32. The van der Waals surface area contributed by atoms with Crippen LogP contribution in [0.1, 0.15) is 57.7 Å². The molecule has 0 N–H and O–H groups in total. The summed E-state index contributed by atoms with van der Waals surface area (Å²) in [5.74, 6) is 1.30. The molecule has 1 saturated carbocycles. The number of hydrogen-bond donors (Lipinski definition) is 0. The van der Waals surface area contributed by atoms with Crippen molar-refractivity contribution in [3.05, 3.63) is 68.8 Å². The quantitative estimate of drug-likeness (QED) is 0.331. The molecule has 0 atom stereocenters. The molecule has 0 unspecified atom stereocenters. The first kappa shape index (κ1) is 25.4. The SMILES string of the molecule is Cc1c(C2=NN(C3CCC(C(C)(C)C)CC3)CO2)nn(-c2ccc(Cl)cc2Cl)c1-c1ccc(Cl)cc1. The average Bonchev–Trinajstić information content (AvgIpc) is 3.44. The maximum atomic E-state index is 6.60. The highest BCUT2D eigenvalue weighted by Gasteiger charge is 2.35. The van der Waals surface area contributed by atoms with Gasteiger partial charge in [0.05, 0.1) is 22.4 Å². The number of ether oxygens (including phenoxy) is 1. The molecule has 0 amide bonds. The van der Waals surface area contributed by atoms with Gasteiger partial charge in [-0.15, -0.1) is 5.10 Å². The van der Waals surface area contributed by atoms with Crippen molar-refractivity contribution >= 4 is 40.7 Å². The Bertz CT molecular complexity index is 1290. The first-order chi connectivity index (χ1) is 17.1. The molecule has 2 heterocycles. The summed E-state index contributed by atoms with van der Waals surface area (Å²) in [5.41, 5.74) is 4.62. The van der Waals surface area contributed by atoms with Gasteiger partial charge in [0.2, 0.25) is 0 Å². The van der Waals surface area contributed by atoms with Crippen LogP contribution in [-0.4, -0.2) is 33.5 Å². The lowest BCUT2D eigenvalue weighted by atomic mass is 9.71. The molecular formula is C28H31Cl3N4O. The van der Waals surface area contributed by atoms with Crippen LogP contribution in [0.15, 0.2) is 47.6 Å². The van der Waals surface area contributed by atoms with Crippen molar-refractivity contribution in [2.24, 2.45) is 16.4 Å². The van der Waals surface area contributed by atoms with Gasteiger partial charge in [-0.25, -0.2) is 4.68 Å². The summed E-state index contributed by atoms with van der Waals surface area (Å²) in [6.45, 7) is 9.52. The van der Waals surface area contributed by atoms with Gasteiger partial charge in [0.1, 0.15) is 0 Å². The zero-order valence-electron chi connectivity index (χ0n) is 21.1. The molecule has 1 aliphatic heterocycles. The Hall–Kier alpha value is -2.21. The number of benzene rings is 2. The van der Waals surface area contributed by atoms with Gasteiger partial charge in [0.25, 0.3) is 5.90 Å². The van der Waals surface area contributed by atoms with Gasteiger partial charge in [-0.3, -0.25) is 5.01 Å². The monoisotopic (exact) mass is 544 g/mol. The van der Waals surface area contributed by atoms with Crippen LogP contribution in [0, 0.1) is 18.3 Å². The van der Waals surface area contributed by atoms with E-state index in [0.29, 0.717) is 44.8 Å². The molecule has 2 aromatic carbocycles. The Kier molecular flexibility index (Phi) is 7.01. The number of halogens is 3. The highest BCUT2D eigenvalue weighted by Crippen LogP contribution is 2.40. The summed E-state index contributed by atoms with van der Waals surface area (Å²) in [4.78, 5) is 0. The molecule has 1 aliphatic carbocycles. The van der Waals surface area contributed by atoms with Crippen LogP contribution in [0.4, 0.5) is 0 Å². The molecule has 0 spiro atoms. The van der Waals surface area contributed by atoms with Crippen molar-refractivity contribution in [1.82, 2.24) is 14.8 Å². The summed E-state index contributed by atoms with van der Waals surface area (Å²) < 4.78 is 7.96. The second kappa shape index (κ2) is 9.92. The van der Waals surface area contributed by atoms with Crippen LogP contribution >= 0.6 is 34.8 Å². The van der Waals surface area contributed by atoms with E-state index in [1.54, 1.807) is 6.07 Å². The van der Waals surface area contributed by atoms with E-state index < -0.39 is 0 Å². The van der Waals surface area contributed by atoms with Gasteiger partial charge in [-0.2, -0.15) is 5.10 Å².